The maximum Gasteiger partial charge on any atom is 0.341 e. The predicted octanol–water partition coefficient (Wildman–Crippen LogP) is 1.81. The van der Waals surface area contributed by atoms with Crippen molar-refractivity contribution in [2.45, 2.75) is 13.5 Å². The summed E-state index contributed by atoms with van der Waals surface area (Å²) in [5.41, 5.74) is 7.21. The minimum Gasteiger partial charge on any atom is -0.456 e. The molecule has 2 N–H and O–H groups in total. The van der Waals surface area contributed by atoms with Crippen LogP contribution in [0, 0.1) is 12.7 Å². The van der Waals surface area contributed by atoms with Crippen molar-refractivity contribution in [3.05, 3.63) is 47.0 Å². The van der Waals surface area contributed by atoms with E-state index in [9.17, 15) is 9.18 Å². The average molecular weight is 263 g/mol. The Kier molecular flexibility index (Phi) is 3.50. The summed E-state index contributed by atoms with van der Waals surface area (Å²) in [6, 6.07) is 5.58. The fourth-order valence-electron chi connectivity index (χ4n) is 1.72. The highest BCUT2D eigenvalue weighted by atomic mass is 19.1. The van der Waals surface area contributed by atoms with Crippen LogP contribution in [0.1, 0.15) is 21.7 Å². The minimum atomic E-state index is -0.747. The molecule has 2 aromatic rings. The second kappa shape index (κ2) is 5.09. The smallest absolute Gasteiger partial charge is 0.341 e. The van der Waals surface area contributed by atoms with Gasteiger partial charge in [-0.1, -0.05) is 0 Å². The number of halogens is 1. The van der Waals surface area contributed by atoms with Crippen molar-refractivity contribution in [3.63, 3.8) is 0 Å². The molecule has 1 heterocycles. The van der Waals surface area contributed by atoms with Gasteiger partial charge in [-0.2, -0.15) is 5.10 Å². The van der Waals surface area contributed by atoms with Crippen LogP contribution in [-0.4, -0.2) is 15.7 Å². The number of rotatable bonds is 3. The summed E-state index contributed by atoms with van der Waals surface area (Å²) in [6.07, 6.45) is 0. The first-order valence-corrected chi connectivity index (χ1v) is 5.69. The van der Waals surface area contributed by atoms with Crippen LogP contribution in [0.4, 0.5) is 10.1 Å². The molecule has 0 atom stereocenters. The van der Waals surface area contributed by atoms with Crippen LogP contribution in [0.5, 0.6) is 0 Å². The predicted molar refractivity (Wildman–Crippen MR) is 67.9 cm³/mol. The highest BCUT2D eigenvalue weighted by Crippen LogP contribution is 2.14. The summed E-state index contributed by atoms with van der Waals surface area (Å²) >= 11 is 0. The van der Waals surface area contributed by atoms with E-state index in [0.717, 1.165) is 17.5 Å². The second-order valence-electron chi connectivity index (χ2n) is 4.22. The number of anilines is 1. The largest absolute Gasteiger partial charge is 0.456 e. The Morgan fingerprint density at radius 3 is 2.84 bits per heavy atom. The zero-order valence-electron chi connectivity index (χ0n) is 10.7. The van der Waals surface area contributed by atoms with Crippen LogP contribution < -0.4 is 5.73 Å². The van der Waals surface area contributed by atoms with E-state index in [-0.39, 0.29) is 12.2 Å². The molecule has 0 aliphatic heterocycles. The lowest BCUT2D eigenvalue weighted by atomic mass is 10.2. The summed E-state index contributed by atoms with van der Waals surface area (Å²) in [6.45, 7) is 1.87. The molecule has 0 aliphatic rings. The van der Waals surface area contributed by atoms with E-state index < -0.39 is 11.8 Å². The first kappa shape index (κ1) is 13.1. The van der Waals surface area contributed by atoms with E-state index in [1.165, 1.54) is 12.1 Å². The molecule has 1 aromatic carbocycles. The van der Waals surface area contributed by atoms with E-state index in [1.807, 2.05) is 6.92 Å². The van der Waals surface area contributed by atoms with Crippen molar-refractivity contribution in [2.24, 2.45) is 7.05 Å². The fourth-order valence-corrected chi connectivity index (χ4v) is 1.72. The molecular formula is C13H14FN3O2. The molecule has 0 amide bonds. The van der Waals surface area contributed by atoms with Gasteiger partial charge in [-0.3, -0.25) is 4.68 Å². The van der Waals surface area contributed by atoms with Crippen molar-refractivity contribution < 1.29 is 13.9 Å². The molecular weight excluding hydrogens is 249 g/mol. The van der Waals surface area contributed by atoms with Gasteiger partial charge in [0.05, 0.1) is 17.0 Å². The summed E-state index contributed by atoms with van der Waals surface area (Å²) < 4.78 is 20.1. The Hall–Kier alpha value is -2.37. The topological polar surface area (TPSA) is 70.1 Å². The van der Waals surface area contributed by atoms with Crippen molar-refractivity contribution in [2.75, 3.05) is 5.73 Å². The molecule has 0 aliphatic carbocycles. The maximum absolute atomic E-state index is 13.5. The van der Waals surface area contributed by atoms with Crippen LogP contribution in [-0.2, 0) is 18.4 Å². The number of carbonyl (C=O) groups excluding carboxylic acids is 1. The third kappa shape index (κ3) is 2.90. The number of esters is 1. The number of ether oxygens (including phenoxy) is 1. The van der Waals surface area contributed by atoms with Gasteiger partial charge >= 0.3 is 5.97 Å². The van der Waals surface area contributed by atoms with E-state index in [0.29, 0.717) is 5.69 Å². The highest BCUT2D eigenvalue weighted by Gasteiger charge is 2.14. The summed E-state index contributed by atoms with van der Waals surface area (Å²) in [5.74, 6) is -1.40. The van der Waals surface area contributed by atoms with Gasteiger partial charge in [0.2, 0.25) is 0 Å². The van der Waals surface area contributed by atoms with E-state index >= 15 is 0 Å². The van der Waals surface area contributed by atoms with E-state index in [1.54, 1.807) is 17.8 Å². The van der Waals surface area contributed by atoms with Gasteiger partial charge in [-0.05, 0) is 31.2 Å². The Balaban J connectivity index is 2.09. The number of nitrogens with two attached hydrogens (primary N) is 1. The zero-order chi connectivity index (χ0) is 14.0. The van der Waals surface area contributed by atoms with Gasteiger partial charge < -0.3 is 10.5 Å². The maximum atomic E-state index is 13.5. The number of nitrogen functional groups attached to an aromatic ring is 1. The number of nitrogens with zero attached hydrogens (tertiary/aromatic N) is 2. The molecule has 0 bridgehead atoms. The van der Waals surface area contributed by atoms with Gasteiger partial charge in [0.25, 0.3) is 0 Å². The molecule has 19 heavy (non-hydrogen) atoms. The Morgan fingerprint density at radius 2 is 2.21 bits per heavy atom. The molecule has 0 saturated heterocycles. The molecule has 0 fully saturated rings. The fraction of sp³-hybridized carbons (Fsp3) is 0.231. The van der Waals surface area contributed by atoms with Crippen molar-refractivity contribution in [1.82, 2.24) is 9.78 Å². The van der Waals surface area contributed by atoms with Crippen molar-refractivity contribution in [3.8, 4) is 0 Å². The SMILES string of the molecule is Cc1cc(COC(=O)c2cc(N)ccc2F)n(C)n1. The van der Waals surface area contributed by atoms with Crippen LogP contribution in [0.25, 0.3) is 0 Å². The Bertz CT molecular complexity index is 622. The quantitative estimate of drug-likeness (QED) is 0.677. The number of benzene rings is 1. The monoisotopic (exact) mass is 263 g/mol. The standard InChI is InChI=1S/C13H14FN3O2/c1-8-5-10(17(2)16-8)7-19-13(18)11-6-9(15)3-4-12(11)14/h3-6H,7,15H2,1-2H3. The lowest BCUT2D eigenvalue weighted by Crippen LogP contribution is -2.10. The van der Waals surface area contributed by atoms with Crippen molar-refractivity contribution >= 4 is 11.7 Å². The number of hydrogen-bond donors (Lipinski definition) is 1. The molecule has 100 valence electrons. The number of hydrogen-bond acceptors (Lipinski definition) is 4. The van der Waals surface area contributed by atoms with Crippen molar-refractivity contribution in [1.29, 1.82) is 0 Å². The number of aryl methyl sites for hydroxylation is 2. The van der Waals surface area contributed by atoms with Gasteiger partial charge in [0.15, 0.2) is 0 Å². The normalized spacial score (nSPS) is 10.5. The van der Waals surface area contributed by atoms with E-state index in [4.69, 9.17) is 10.5 Å². The molecule has 2 rings (SSSR count). The van der Waals surface area contributed by atoms with E-state index in [2.05, 4.69) is 5.10 Å². The van der Waals surface area contributed by atoms with Crippen LogP contribution >= 0.6 is 0 Å². The molecule has 0 spiro atoms. The van der Waals surface area contributed by atoms with Crippen LogP contribution in [0.2, 0.25) is 0 Å². The summed E-state index contributed by atoms with van der Waals surface area (Å²) in [4.78, 5) is 11.8. The molecule has 6 heteroatoms. The second-order valence-corrected chi connectivity index (χ2v) is 4.22. The lowest BCUT2D eigenvalue weighted by molar-refractivity contribution is 0.0458. The zero-order valence-corrected chi connectivity index (χ0v) is 10.7. The first-order chi connectivity index (χ1) is 8.97. The lowest BCUT2D eigenvalue weighted by Gasteiger charge is -2.06. The molecule has 0 unspecified atom stereocenters. The van der Waals surface area contributed by atoms with Gasteiger partial charge in [-0.15, -0.1) is 0 Å². The minimum absolute atomic E-state index is 0.0322. The van der Waals surface area contributed by atoms with Gasteiger partial charge in [0.1, 0.15) is 12.4 Å². The summed E-state index contributed by atoms with van der Waals surface area (Å²) in [7, 11) is 1.75. The summed E-state index contributed by atoms with van der Waals surface area (Å²) in [5, 5.41) is 4.12. The first-order valence-electron chi connectivity index (χ1n) is 5.69. The number of aromatic nitrogens is 2. The van der Waals surface area contributed by atoms with Gasteiger partial charge in [0, 0.05) is 12.7 Å². The molecule has 1 aromatic heterocycles. The Morgan fingerprint density at radius 1 is 1.47 bits per heavy atom. The highest BCUT2D eigenvalue weighted by molar-refractivity contribution is 5.90. The van der Waals surface area contributed by atoms with Crippen LogP contribution in [0.15, 0.2) is 24.3 Å². The third-order valence-electron chi connectivity index (χ3n) is 2.66. The molecule has 0 radical (unpaired) electrons. The van der Waals surface area contributed by atoms with Crippen LogP contribution in [0.3, 0.4) is 0 Å². The molecule has 0 saturated carbocycles. The third-order valence-corrected chi connectivity index (χ3v) is 2.66. The van der Waals surface area contributed by atoms with Gasteiger partial charge in [-0.25, -0.2) is 9.18 Å². The average Bonchev–Trinajstić information content (AvgIpc) is 2.68. The Labute approximate surface area is 109 Å². The molecule has 5 nitrogen and oxygen atoms in total. The number of carbonyl (C=O) groups is 1.